The molecule has 0 aromatic heterocycles. The van der Waals surface area contributed by atoms with Crippen molar-refractivity contribution >= 4 is 45.6 Å². The summed E-state index contributed by atoms with van der Waals surface area (Å²) in [6.07, 6.45) is 0. The van der Waals surface area contributed by atoms with Crippen LogP contribution in [0.25, 0.3) is 0 Å². The van der Waals surface area contributed by atoms with Gasteiger partial charge in [-0.3, -0.25) is 0 Å². The van der Waals surface area contributed by atoms with E-state index in [0.29, 0.717) is 5.02 Å². The third-order valence-corrected chi connectivity index (χ3v) is 1.82. The molecule has 0 atom stereocenters. The molecule has 0 spiro atoms. The van der Waals surface area contributed by atoms with E-state index in [2.05, 4.69) is 15.9 Å². The van der Waals surface area contributed by atoms with Crippen molar-refractivity contribution < 1.29 is 4.39 Å². The van der Waals surface area contributed by atoms with Crippen molar-refractivity contribution in [1.29, 1.82) is 0 Å². The second-order valence-corrected chi connectivity index (χ2v) is 3.08. The second kappa shape index (κ2) is 4.14. The first kappa shape index (κ1) is 11.0. The van der Waals surface area contributed by atoms with Crippen molar-refractivity contribution in [2.75, 3.05) is 5.73 Å². The minimum Gasteiger partial charge on any atom is -0.396 e. The molecule has 1 rings (SSSR count). The van der Waals surface area contributed by atoms with E-state index in [1.54, 1.807) is 0 Å². The molecule has 0 aliphatic heterocycles. The van der Waals surface area contributed by atoms with E-state index in [-0.39, 0.29) is 22.6 Å². The number of halogens is 4. The number of benzene rings is 1. The van der Waals surface area contributed by atoms with Crippen LogP contribution in [0.3, 0.4) is 0 Å². The molecule has 1 aromatic carbocycles. The molecule has 5 heteroatoms. The van der Waals surface area contributed by atoms with Crippen molar-refractivity contribution in [1.82, 2.24) is 0 Å². The molecular weight excluding hydrogens is 256 g/mol. The molecule has 1 aromatic rings. The summed E-state index contributed by atoms with van der Waals surface area (Å²) < 4.78 is 13.0. The molecule has 2 N–H and O–H groups in total. The third-order valence-electron chi connectivity index (χ3n) is 1.02. The van der Waals surface area contributed by atoms with Gasteiger partial charge in [-0.05, 0) is 28.1 Å². The van der Waals surface area contributed by atoms with Gasteiger partial charge in [-0.25, -0.2) is 4.39 Å². The Morgan fingerprint density at radius 1 is 1.45 bits per heavy atom. The average molecular weight is 261 g/mol. The van der Waals surface area contributed by atoms with Gasteiger partial charge in [0.05, 0.1) is 10.2 Å². The lowest BCUT2D eigenvalue weighted by molar-refractivity contribution is 0.626. The Hall–Kier alpha value is 0.01000. The molecule has 0 fully saturated rings. The van der Waals surface area contributed by atoms with Gasteiger partial charge in [0.1, 0.15) is 0 Å². The Labute approximate surface area is 83.3 Å². The maximum Gasteiger partial charge on any atom is 0.160 e. The van der Waals surface area contributed by atoms with Gasteiger partial charge in [-0.1, -0.05) is 11.6 Å². The van der Waals surface area contributed by atoms with Gasteiger partial charge >= 0.3 is 0 Å². The second-order valence-electron chi connectivity index (χ2n) is 1.79. The molecule has 0 radical (unpaired) electrons. The van der Waals surface area contributed by atoms with Gasteiger partial charge in [-0.15, -0.1) is 12.4 Å². The fourth-order valence-corrected chi connectivity index (χ4v) is 1.41. The Morgan fingerprint density at radius 2 is 2.00 bits per heavy atom. The van der Waals surface area contributed by atoms with E-state index in [0.717, 1.165) is 0 Å². The number of rotatable bonds is 0. The molecule has 62 valence electrons. The summed E-state index contributed by atoms with van der Waals surface area (Å²) in [4.78, 5) is 0. The van der Waals surface area contributed by atoms with Crippen LogP contribution in [0.15, 0.2) is 16.6 Å². The summed E-state index contributed by atoms with van der Waals surface area (Å²) in [5, 5.41) is 0.422. The summed E-state index contributed by atoms with van der Waals surface area (Å²) in [6, 6.07) is 2.81. The average Bonchev–Trinajstić information content (AvgIpc) is 1.82. The van der Waals surface area contributed by atoms with E-state index in [1.807, 2.05) is 0 Å². The van der Waals surface area contributed by atoms with E-state index in [1.165, 1.54) is 12.1 Å². The van der Waals surface area contributed by atoms with Crippen LogP contribution in [-0.2, 0) is 0 Å². The number of hydrogen-bond donors (Lipinski definition) is 1. The van der Waals surface area contributed by atoms with Gasteiger partial charge in [0.2, 0.25) is 0 Å². The lowest BCUT2D eigenvalue weighted by atomic mass is 10.3. The lowest BCUT2D eigenvalue weighted by Gasteiger charge is -1.98. The highest BCUT2D eigenvalue weighted by atomic mass is 79.9. The molecule has 11 heavy (non-hydrogen) atoms. The monoisotopic (exact) mass is 259 g/mol. The fraction of sp³-hybridized carbons (Fsp3) is 0. The van der Waals surface area contributed by atoms with Gasteiger partial charge < -0.3 is 5.73 Å². The fourth-order valence-electron chi connectivity index (χ4n) is 0.576. The number of nitrogens with two attached hydrogens (primary N) is 1. The number of nitrogen functional groups attached to an aromatic ring is 1. The first-order valence-electron chi connectivity index (χ1n) is 2.51. The van der Waals surface area contributed by atoms with Crippen LogP contribution < -0.4 is 5.73 Å². The van der Waals surface area contributed by atoms with Crippen LogP contribution >= 0.6 is 39.9 Å². The summed E-state index contributed by atoms with van der Waals surface area (Å²) in [5.41, 5.74) is 5.29. The van der Waals surface area contributed by atoms with Crippen LogP contribution in [0.1, 0.15) is 0 Å². The highest BCUT2D eigenvalue weighted by Crippen LogP contribution is 2.25. The first-order chi connectivity index (χ1) is 4.61. The van der Waals surface area contributed by atoms with Gasteiger partial charge in [-0.2, -0.15) is 0 Å². The highest BCUT2D eigenvalue weighted by molar-refractivity contribution is 9.10. The molecule has 0 aliphatic carbocycles. The normalized spacial score (nSPS) is 9.00. The molecule has 0 saturated heterocycles. The minimum absolute atomic E-state index is 0. The summed E-state index contributed by atoms with van der Waals surface area (Å²) in [6.45, 7) is 0. The molecule has 1 nitrogen and oxygen atoms in total. The zero-order valence-corrected chi connectivity index (χ0v) is 8.43. The predicted molar refractivity (Wildman–Crippen MR) is 50.8 cm³/mol. The Morgan fingerprint density at radius 3 is 2.45 bits per heavy atom. The van der Waals surface area contributed by atoms with Crippen molar-refractivity contribution in [3.63, 3.8) is 0 Å². The SMILES string of the molecule is Cl.Nc1cc(Cl)cc(Br)c1F. The summed E-state index contributed by atoms with van der Waals surface area (Å²) in [7, 11) is 0. The van der Waals surface area contributed by atoms with Crippen LogP contribution in [0, 0.1) is 5.82 Å². The quantitative estimate of drug-likeness (QED) is 0.563. The predicted octanol–water partition coefficient (Wildman–Crippen LogP) is 3.25. The van der Waals surface area contributed by atoms with Crippen molar-refractivity contribution in [2.24, 2.45) is 0 Å². The smallest absolute Gasteiger partial charge is 0.160 e. The van der Waals surface area contributed by atoms with E-state index in [4.69, 9.17) is 17.3 Å². The zero-order valence-electron chi connectivity index (χ0n) is 5.27. The van der Waals surface area contributed by atoms with Gasteiger partial charge in [0, 0.05) is 5.02 Å². The highest BCUT2D eigenvalue weighted by Gasteiger charge is 2.03. The Kier molecular flexibility index (Phi) is 4.14. The van der Waals surface area contributed by atoms with E-state index in [9.17, 15) is 4.39 Å². The topological polar surface area (TPSA) is 26.0 Å². The Balaban J connectivity index is 0.000001000. The molecule has 0 amide bonds. The number of hydrogen-bond acceptors (Lipinski definition) is 1. The first-order valence-corrected chi connectivity index (χ1v) is 3.68. The molecular formula is C6H5BrCl2FN. The molecule has 0 saturated carbocycles. The largest absolute Gasteiger partial charge is 0.396 e. The molecule has 0 heterocycles. The van der Waals surface area contributed by atoms with Crippen molar-refractivity contribution in [3.8, 4) is 0 Å². The third kappa shape index (κ3) is 2.51. The van der Waals surface area contributed by atoms with Gasteiger partial charge in [0.15, 0.2) is 5.82 Å². The van der Waals surface area contributed by atoms with Gasteiger partial charge in [0.25, 0.3) is 0 Å². The van der Waals surface area contributed by atoms with Crippen molar-refractivity contribution in [2.45, 2.75) is 0 Å². The summed E-state index contributed by atoms with van der Waals surface area (Å²) in [5.74, 6) is -0.468. The van der Waals surface area contributed by atoms with Crippen LogP contribution in [0.4, 0.5) is 10.1 Å². The minimum atomic E-state index is -0.468. The van der Waals surface area contributed by atoms with Crippen LogP contribution in [0.5, 0.6) is 0 Å². The van der Waals surface area contributed by atoms with Crippen molar-refractivity contribution in [3.05, 3.63) is 27.4 Å². The maximum absolute atomic E-state index is 12.7. The van der Waals surface area contributed by atoms with E-state index >= 15 is 0 Å². The molecule has 0 aliphatic rings. The standard InChI is InChI=1S/C6H4BrClFN.ClH/c7-4-1-3(8)2-5(10)6(4)9;/h1-2H,10H2;1H. The maximum atomic E-state index is 12.7. The summed E-state index contributed by atoms with van der Waals surface area (Å²) >= 11 is 8.50. The molecule has 0 bridgehead atoms. The van der Waals surface area contributed by atoms with Crippen LogP contribution in [-0.4, -0.2) is 0 Å². The Bertz CT molecular complexity index is 244. The lowest BCUT2D eigenvalue weighted by Crippen LogP contribution is -1.90. The zero-order chi connectivity index (χ0) is 7.72. The number of anilines is 1. The van der Waals surface area contributed by atoms with E-state index < -0.39 is 5.82 Å². The molecule has 0 unspecified atom stereocenters. The van der Waals surface area contributed by atoms with Crippen LogP contribution in [0.2, 0.25) is 5.02 Å².